The normalized spacial score (nSPS) is 11.8. The summed E-state index contributed by atoms with van der Waals surface area (Å²) in [5, 5.41) is 0. The molecule has 0 saturated carbocycles. The van der Waals surface area contributed by atoms with Gasteiger partial charge in [0.05, 0.1) is 16.3 Å². The number of nitrogens with zero attached hydrogens (tertiary/aromatic N) is 1. The number of sulfonamides is 1. The monoisotopic (exact) mass is 271 g/mol. The molecule has 0 aliphatic carbocycles. The molecule has 102 valence electrons. The number of benzene rings is 1. The number of hydrogen-bond donors (Lipinski definition) is 2. The summed E-state index contributed by atoms with van der Waals surface area (Å²) in [7, 11) is -1.55. The van der Waals surface area contributed by atoms with E-state index in [9.17, 15) is 8.42 Å². The van der Waals surface area contributed by atoms with E-state index in [1.165, 1.54) is 6.07 Å². The van der Waals surface area contributed by atoms with E-state index >= 15 is 0 Å². The summed E-state index contributed by atoms with van der Waals surface area (Å²) >= 11 is 0. The second-order valence-corrected chi connectivity index (χ2v) is 6.19. The lowest BCUT2D eigenvalue weighted by Gasteiger charge is -2.25. The van der Waals surface area contributed by atoms with Crippen molar-refractivity contribution >= 4 is 21.4 Å². The predicted octanol–water partition coefficient (Wildman–Crippen LogP) is 1.41. The van der Waals surface area contributed by atoms with Crippen molar-refractivity contribution in [3.63, 3.8) is 0 Å². The molecule has 1 aromatic carbocycles. The third-order valence-corrected chi connectivity index (χ3v) is 4.34. The minimum absolute atomic E-state index is 0.237. The highest BCUT2D eigenvalue weighted by Gasteiger charge is 2.16. The van der Waals surface area contributed by atoms with Gasteiger partial charge in [0, 0.05) is 19.6 Å². The first-order valence-corrected chi connectivity index (χ1v) is 7.40. The minimum Gasteiger partial charge on any atom is -0.397 e. The van der Waals surface area contributed by atoms with E-state index < -0.39 is 10.0 Å². The lowest BCUT2D eigenvalue weighted by Crippen LogP contribution is -2.27. The Bertz CT molecular complexity index is 512. The van der Waals surface area contributed by atoms with Gasteiger partial charge in [0.15, 0.2) is 0 Å². The largest absolute Gasteiger partial charge is 0.397 e. The first kappa shape index (κ1) is 14.8. The number of nitrogens with one attached hydrogen (secondary N) is 1. The van der Waals surface area contributed by atoms with Crippen LogP contribution in [-0.2, 0) is 10.0 Å². The van der Waals surface area contributed by atoms with Crippen LogP contribution < -0.4 is 15.4 Å². The molecular formula is C12H21N3O2S. The number of hydrogen-bond acceptors (Lipinski definition) is 4. The van der Waals surface area contributed by atoms with Crippen LogP contribution in [0.15, 0.2) is 23.1 Å². The van der Waals surface area contributed by atoms with Gasteiger partial charge in [0.25, 0.3) is 0 Å². The number of nitrogens with two attached hydrogens (primary N) is 1. The topological polar surface area (TPSA) is 75.4 Å². The molecule has 0 spiro atoms. The minimum atomic E-state index is -3.44. The molecule has 1 rings (SSSR count). The van der Waals surface area contributed by atoms with Crippen molar-refractivity contribution in [1.82, 2.24) is 4.72 Å². The first-order chi connectivity index (χ1) is 8.29. The van der Waals surface area contributed by atoms with Crippen molar-refractivity contribution < 1.29 is 8.42 Å². The Balaban J connectivity index is 3.24. The third-order valence-electron chi connectivity index (χ3n) is 2.80. The second-order valence-electron chi connectivity index (χ2n) is 4.43. The molecule has 0 aromatic heterocycles. The van der Waals surface area contributed by atoms with Crippen molar-refractivity contribution in [2.45, 2.75) is 31.7 Å². The van der Waals surface area contributed by atoms with E-state index in [4.69, 9.17) is 5.73 Å². The maximum Gasteiger partial charge on any atom is 0.240 e. The number of rotatable bonds is 5. The maximum absolute atomic E-state index is 11.9. The smallest absolute Gasteiger partial charge is 0.240 e. The van der Waals surface area contributed by atoms with E-state index in [1.807, 2.05) is 25.8 Å². The van der Waals surface area contributed by atoms with Gasteiger partial charge in [-0.3, -0.25) is 0 Å². The summed E-state index contributed by atoms with van der Waals surface area (Å²) in [6, 6.07) is 4.99. The van der Waals surface area contributed by atoms with E-state index in [0.717, 1.165) is 5.69 Å². The highest BCUT2D eigenvalue weighted by Crippen LogP contribution is 2.27. The molecular weight excluding hydrogens is 250 g/mol. The van der Waals surface area contributed by atoms with Crippen molar-refractivity contribution in [2.75, 3.05) is 24.2 Å². The molecule has 0 bridgehead atoms. The Morgan fingerprint density at radius 1 is 1.39 bits per heavy atom. The fourth-order valence-corrected chi connectivity index (χ4v) is 2.61. The third kappa shape index (κ3) is 3.14. The number of anilines is 2. The van der Waals surface area contributed by atoms with Crippen LogP contribution >= 0.6 is 0 Å². The fraction of sp³-hybridized carbons (Fsp3) is 0.500. The molecule has 5 nitrogen and oxygen atoms in total. The molecule has 0 radical (unpaired) electrons. The van der Waals surface area contributed by atoms with Gasteiger partial charge in [-0.1, -0.05) is 6.92 Å². The summed E-state index contributed by atoms with van der Waals surface area (Å²) < 4.78 is 26.3. The zero-order valence-corrected chi connectivity index (χ0v) is 12.1. The van der Waals surface area contributed by atoms with Crippen molar-refractivity contribution in [3.05, 3.63) is 18.2 Å². The summed E-state index contributed by atoms with van der Waals surface area (Å²) in [6.07, 6.45) is 0. The zero-order valence-electron chi connectivity index (χ0n) is 11.3. The fourth-order valence-electron chi connectivity index (χ4n) is 1.55. The highest BCUT2D eigenvalue weighted by molar-refractivity contribution is 7.89. The Morgan fingerprint density at radius 3 is 2.50 bits per heavy atom. The zero-order chi connectivity index (χ0) is 13.9. The Kier molecular flexibility index (Phi) is 4.59. The van der Waals surface area contributed by atoms with E-state index in [0.29, 0.717) is 12.2 Å². The van der Waals surface area contributed by atoms with E-state index in [2.05, 4.69) is 4.72 Å². The molecule has 3 N–H and O–H groups in total. The van der Waals surface area contributed by atoms with Gasteiger partial charge in [0.2, 0.25) is 10.0 Å². The summed E-state index contributed by atoms with van der Waals surface area (Å²) in [6.45, 7) is 6.15. The van der Waals surface area contributed by atoms with Crippen LogP contribution in [0, 0.1) is 0 Å². The summed E-state index contributed by atoms with van der Waals surface area (Å²) in [5.41, 5.74) is 7.19. The van der Waals surface area contributed by atoms with Crippen LogP contribution in [0.1, 0.15) is 20.8 Å². The van der Waals surface area contributed by atoms with Crippen molar-refractivity contribution in [2.24, 2.45) is 0 Å². The molecule has 0 unspecified atom stereocenters. The molecule has 6 heteroatoms. The molecule has 1 aromatic rings. The van der Waals surface area contributed by atoms with Crippen LogP contribution in [0.5, 0.6) is 0 Å². The van der Waals surface area contributed by atoms with Gasteiger partial charge in [-0.05, 0) is 32.0 Å². The summed E-state index contributed by atoms with van der Waals surface area (Å²) in [4.78, 5) is 2.18. The van der Waals surface area contributed by atoms with Gasteiger partial charge < -0.3 is 10.6 Å². The van der Waals surface area contributed by atoms with Crippen LogP contribution in [0.2, 0.25) is 0 Å². The standard InChI is InChI=1S/C12H21N3O2S/c1-5-14-18(16,17)10-6-7-11(13)12(8-10)15(4)9(2)3/h6-9,14H,5,13H2,1-4H3. The molecule has 0 aliphatic heterocycles. The second kappa shape index (κ2) is 5.58. The average molecular weight is 271 g/mol. The quantitative estimate of drug-likeness (QED) is 0.794. The first-order valence-electron chi connectivity index (χ1n) is 5.91. The van der Waals surface area contributed by atoms with Gasteiger partial charge in [-0.2, -0.15) is 0 Å². The van der Waals surface area contributed by atoms with Crippen LogP contribution in [0.25, 0.3) is 0 Å². The average Bonchev–Trinajstić information content (AvgIpc) is 2.28. The Hall–Kier alpha value is -1.27. The highest BCUT2D eigenvalue weighted by atomic mass is 32.2. The van der Waals surface area contributed by atoms with Crippen LogP contribution in [0.3, 0.4) is 0 Å². The molecule has 0 amide bonds. The molecule has 0 saturated heterocycles. The Labute approximate surface area is 109 Å². The van der Waals surface area contributed by atoms with Gasteiger partial charge >= 0.3 is 0 Å². The molecule has 0 heterocycles. The summed E-state index contributed by atoms with van der Waals surface area (Å²) in [5.74, 6) is 0. The van der Waals surface area contributed by atoms with E-state index in [-0.39, 0.29) is 10.9 Å². The van der Waals surface area contributed by atoms with Gasteiger partial charge in [-0.15, -0.1) is 0 Å². The number of nitrogen functional groups attached to an aromatic ring is 1. The molecule has 0 atom stereocenters. The maximum atomic E-state index is 11.9. The van der Waals surface area contributed by atoms with Gasteiger partial charge in [0.1, 0.15) is 0 Å². The van der Waals surface area contributed by atoms with Crippen molar-refractivity contribution in [1.29, 1.82) is 0 Å². The molecule has 0 fully saturated rings. The molecule has 0 aliphatic rings. The van der Waals surface area contributed by atoms with Crippen LogP contribution in [-0.4, -0.2) is 28.1 Å². The lowest BCUT2D eigenvalue weighted by molar-refractivity contribution is 0.584. The Morgan fingerprint density at radius 2 is 2.00 bits per heavy atom. The van der Waals surface area contributed by atoms with E-state index in [1.54, 1.807) is 19.1 Å². The van der Waals surface area contributed by atoms with Gasteiger partial charge in [-0.25, -0.2) is 13.1 Å². The van der Waals surface area contributed by atoms with Crippen molar-refractivity contribution in [3.8, 4) is 0 Å². The molecule has 18 heavy (non-hydrogen) atoms. The SMILES string of the molecule is CCNS(=O)(=O)c1ccc(N)c(N(C)C(C)C)c1. The predicted molar refractivity (Wildman–Crippen MR) is 75.3 cm³/mol. The lowest BCUT2D eigenvalue weighted by atomic mass is 10.2. The van der Waals surface area contributed by atoms with Crippen LogP contribution in [0.4, 0.5) is 11.4 Å².